The minimum Gasteiger partial charge on any atom is -0.390 e. The molecule has 0 heterocycles. The summed E-state index contributed by atoms with van der Waals surface area (Å²) in [6, 6.07) is 0. The second kappa shape index (κ2) is 3.75. The minimum atomic E-state index is -0.632. The van der Waals surface area contributed by atoms with Gasteiger partial charge in [-0.05, 0) is 31.2 Å². The molecule has 0 spiro atoms. The first-order valence-corrected chi connectivity index (χ1v) is 4.61. The van der Waals surface area contributed by atoms with Crippen molar-refractivity contribution >= 4 is 0 Å². The highest BCUT2D eigenvalue weighted by Crippen LogP contribution is 2.31. The zero-order valence-corrected chi connectivity index (χ0v) is 9.02. The molecule has 0 rings (SSSR count). The average Bonchev–Trinajstić information content (AvgIpc) is 1.80. The van der Waals surface area contributed by atoms with Gasteiger partial charge in [0.2, 0.25) is 0 Å². The Hall–Kier alpha value is -0.0800. The van der Waals surface area contributed by atoms with Crippen LogP contribution in [-0.4, -0.2) is 17.3 Å². The molecule has 0 radical (unpaired) electrons. The lowest BCUT2D eigenvalue weighted by molar-refractivity contribution is -0.0244. The molecule has 74 valence electrons. The van der Waals surface area contributed by atoms with E-state index in [1.165, 1.54) is 0 Å². The molecule has 2 nitrogen and oxygen atoms in total. The lowest BCUT2D eigenvalue weighted by atomic mass is 9.77. The topological polar surface area (TPSA) is 46.2 Å². The molecule has 0 aliphatic rings. The molecule has 2 atom stereocenters. The SMILES string of the molecule is CC(CN)C(C)(O)CC(C)(C)C. The maximum Gasteiger partial charge on any atom is 0.0662 e. The van der Waals surface area contributed by atoms with E-state index in [4.69, 9.17) is 5.73 Å². The van der Waals surface area contributed by atoms with E-state index in [1.807, 2.05) is 13.8 Å². The molecule has 2 unspecified atom stereocenters. The molecule has 0 bridgehead atoms. The number of nitrogens with two attached hydrogens (primary N) is 1. The van der Waals surface area contributed by atoms with Crippen LogP contribution in [0.1, 0.15) is 41.0 Å². The lowest BCUT2D eigenvalue weighted by Crippen LogP contribution is -2.40. The van der Waals surface area contributed by atoms with Crippen LogP contribution in [0, 0.1) is 11.3 Å². The Morgan fingerprint density at radius 3 is 1.92 bits per heavy atom. The first-order chi connectivity index (χ1) is 5.19. The molecule has 0 saturated carbocycles. The van der Waals surface area contributed by atoms with Crippen LogP contribution in [0.4, 0.5) is 0 Å². The Labute approximate surface area is 76.2 Å². The molecule has 0 aromatic rings. The van der Waals surface area contributed by atoms with Gasteiger partial charge >= 0.3 is 0 Å². The molecule has 0 aromatic carbocycles. The van der Waals surface area contributed by atoms with Gasteiger partial charge in [-0.2, -0.15) is 0 Å². The standard InChI is InChI=1S/C10H23NO/c1-8(6-11)10(5,12)7-9(2,3)4/h8,12H,6-7,11H2,1-5H3. The first-order valence-electron chi connectivity index (χ1n) is 4.61. The van der Waals surface area contributed by atoms with E-state index < -0.39 is 5.60 Å². The highest BCUT2D eigenvalue weighted by atomic mass is 16.3. The molecule has 0 aliphatic heterocycles. The van der Waals surface area contributed by atoms with Crippen molar-refractivity contribution in [2.75, 3.05) is 6.54 Å². The van der Waals surface area contributed by atoms with Gasteiger partial charge in [-0.25, -0.2) is 0 Å². The van der Waals surface area contributed by atoms with E-state index >= 15 is 0 Å². The van der Waals surface area contributed by atoms with Crippen LogP contribution < -0.4 is 5.73 Å². The first kappa shape index (κ1) is 11.9. The fourth-order valence-corrected chi connectivity index (χ4v) is 1.50. The second-order valence-corrected chi connectivity index (χ2v) is 5.23. The number of hydrogen-bond acceptors (Lipinski definition) is 2. The van der Waals surface area contributed by atoms with Gasteiger partial charge in [0, 0.05) is 0 Å². The lowest BCUT2D eigenvalue weighted by Gasteiger charge is -2.35. The van der Waals surface area contributed by atoms with Crippen molar-refractivity contribution in [2.24, 2.45) is 17.1 Å². The van der Waals surface area contributed by atoms with E-state index in [1.54, 1.807) is 0 Å². The van der Waals surface area contributed by atoms with Gasteiger partial charge in [-0.15, -0.1) is 0 Å². The van der Waals surface area contributed by atoms with Crippen molar-refractivity contribution < 1.29 is 5.11 Å². The van der Waals surface area contributed by atoms with Gasteiger partial charge in [-0.3, -0.25) is 0 Å². The van der Waals surface area contributed by atoms with Crippen molar-refractivity contribution in [3.8, 4) is 0 Å². The summed E-state index contributed by atoms with van der Waals surface area (Å²) < 4.78 is 0. The van der Waals surface area contributed by atoms with Gasteiger partial charge in [0.1, 0.15) is 0 Å². The smallest absolute Gasteiger partial charge is 0.0662 e. The average molecular weight is 173 g/mol. The second-order valence-electron chi connectivity index (χ2n) is 5.23. The summed E-state index contributed by atoms with van der Waals surface area (Å²) in [6.45, 7) is 10.8. The van der Waals surface area contributed by atoms with Crippen LogP contribution >= 0.6 is 0 Å². The molecular formula is C10H23NO. The normalized spacial score (nSPS) is 20.2. The molecule has 2 heteroatoms. The van der Waals surface area contributed by atoms with Crippen molar-refractivity contribution in [3.63, 3.8) is 0 Å². The maximum absolute atomic E-state index is 10.0. The molecular weight excluding hydrogens is 150 g/mol. The molecule has 0 fully saturated rings. The highest BCUT2D eigenvalue weighted by molar-refractivity contribution is 4.84. The van der Waals surface area contributed by atoms with Crippen molar-refractivity contribution in [2.45, 2.75) is 46.6 Å². The Morgan fingerprint density at radius 2 is 1.67 bits per heavy atom. The summed E-state index contributed by atoms with van der Waals surface area (Å²) in [5.74, 6) is 0.164. The van der Waals surface area contributed by atoms with Gasteiger partial charge in [0.25, 0.3) is 0 Å². The summed E-state index contributed by atoms with van der Waals surface area (Å²) >= 11 is 0. The van der Waals surface area contributed by atoms with E-state index in [2.05, 4.69) is 20.8 Å². The largest absolute Gasteiger partial charge is 0.390 e. The van der Waals surface area contributed by atoms with Crippen LogP contribution in [-0.2, 0) is 0 Å². The van der Waals surface area contributed by atoms with E-state index in [9.17, 15) is 5.11 Å². The van der Waals surface area contributed by atoms with Crippen LogP contribution in [0.2, 0.25) is 0 Å². The number of aliphatic hydroxyl groups is 1. The highest BCUT2D eigenvalue weighted by Gasteiger charge is 2.31. The number of hydrogen-bond donors (Lipinski definition) is 2. The third-order valence-electron chi connectivity index (χ3n) is 2.30. The van der Waals surface area contributed by atoms with Crippen LogP contribution in [0.5, 0.6) is 0 Å². The van der Waals surface area contributed by atoms with Crippen molar-refractivity contribution in [3.05, 3.63) is 0 Å². The monoisotopic (exact) mass is 173 g/mol. The minimum absolute atomic E-state index is 0.160. The molecule has 0 amide bonds. The van der Waals surface area contributed by atoms with Gasteiger partial charge in [-0.1, -0.05) is 27.7 Å². The molecule has 0 aromatic heterocycles. The van der Waals surface area contributed by atoms with Crippen LogP contribution in [0.25, 0.3) is 0 Å². The van der Waals surface area contributed by atoms with Crippen LogP contribution in [0.15, 0.2) is 0 Å². The fourth-order valence-electron chi connectivity index (χ4n) is 1.50. The van der Waals surface area contributed by atoms with E-state index in [0.29, 0.717) is 6.54 Å². The van der Waals surface area contributed by atoms with Crippen molar-refractivity contribution in [1.29, 1.82) is 0 Å². The van der Waals surface area contributed by atoms with E-state index in [-0.39, 0.29) is 11.3 Å². The summed E-state index contributed by atoms with van der Waals surface area (Å²) in [5.41, 5.74) is 5.04. The van der Waals surface area contributed by atoms with Crippen LogP contribution in [0.3, 0.4) is 0 Å². The molecule has 3 N–H and O–H groups in total. The van der Waals surface area contributed by atoms with E-state index in [0.717, 1.165) is 6.42 Å². The number of rotatable bonds is 3. The summed E-state index contributed by atoms with van der Waals surface area (Å²) in [5, 5.41) is 10.0. The van der Waals surface area contributed by atoms with Gasteiger partial charge < -0.3 is 10.8 Å². The summed E-state index contributed by atoms with van der Waals surface area (Å²) in [4.78, 5) is 0. The summed E-state index contributed by atoms with van der Waals surface area (Å²) in [7, 11) is 0. The third-order valence-corrected chi connectivity index (χ3v) is 2.30. The Morgan fingerprint density at radius 1 is 1.25 bits per heavy atom. The van der Waals surface area contributed by atoms with Gasteiger partial charge in [0.05, 0.1) is 5.60 Å². The predicted octanol–water partition coefficient (Wildman–Crippen LogP) is 1.77. The van der Waals surface area contributed by atoms with Gasteiger partial charge in [0.15, 0.2) is 0 Å². The Kier molecular flexibility index (Phi) is 3.73. The summed E-state index contributed by atoms with van der Waals surface area (Å²) in [6.07, 6.45) is 0.790. The van der Waals surface area contributed by atoms with Crippen molar-refractivity contribution in [1.82, 2.24) is 0 Å². The Balaban J connectivity index is 4.22. The maximum atomic E-state index is 10.0. The molecule has 0 aliphatic carbocycles. The molecule has 0 saturated heterocycles. The zero-order valence-electron chi connectivity index (χ0n) is 9.02. The Bertz CT molecular complexity index is 135. The molecule has 12 heavy (non-hydrogen) atoms. The third kappa shape index (κ3) is 4.07. The fraction of sp³-hybridized carbons (Fsp3) is 1.00. The quantitative estimate of drug-likeness (QED) is 0.683. The zero-order chi connectivity index (χ0) is 9.99. The predicted molar refractivity (Wildman–Crippen MR) is 52.9 cm³/mol.